The van der Waals surface area contributed by atoms with Crippen LogP contribution in [0.15, 0.2) is 85.1 Å². The van der Waals surface area contributed by atoms with E-state index in [2.05, 4.69) is 5.32 Å². The maximum atomic E-state index is 12.6. The van der Waals surface area contributed by atoms with Gasteiger partial charge in [-0.3, -0.25) is 4.79 Å². The van der Waals surface area contributed by atoms with Gasteiger partial charge in [0.2, 0.25) is 0 Å². The van der Waals surface area contributed by atoms with Crippen LogP contribution in [-0.2, 0) is 28.5 Å². The predicted molar refractivity (Wildman–Crippen MR) is 237 cm³/mol. The molecule has 4 rings (SSSR count). The second kappa shape index (κ2) is 26.1. The molecule has 3 fully saturated rings. The van der Waals surface area contributed by atoms with Gasteiger partial charge in [-0.05, 0) is 33.1 Å². The van der Waals surface area contributed by atoms with Gasteiger partial charge in [0.05, 0.1) is 79.5 Å². The van der Waals surface area contributed by atoms with E-state index in [1.165, 1.54) is 0 Å². The molecule has 65 heavy (non-hydrogen) atoms. The second-order valence-electron chi connectivity index (χ2n) is 17.8. The molecule has 3 saturated heterocycles. The van der Waals surface area contributed by atoms with Crippen LogP contribution in [0.1, 0.15) is 79.1 Å². The molecule has 4 aliphatic heterocycles. The van der Waals surface area contributed by atoms with Gasteiger partial charge in [-0.2, -0.15) is 0 Å². The molecule has 366 valence electrons. The molecule has 0 aromatic heterocycles. The monoisotopic (exact) mass is 920 g/mol. The van der Waals surface area contributed by atoms with Gasteiger partial charge in [-0.1, -0.05) is 98.9 Å². The van der Waals surface area contributed by atoms with E-state index in [4.69, 9.17) is 29.4 Å². The summed E-state index contributed by atoms with van der Waals surface area (Å²) in [6, 6.07) is -1.84. The zero-order valence-electron chi connectivity index (χ0n) is 37.6. The number of esters is 1. The minimum Gasteiger partial charge on any atom is -0.462 e. The Kier molecular flexibility index (Phi) is 21.7. The molecule has 0 radical (unpaired) electrons. The normalized spacial score (nSPS) is 46.2. The Morgan fingerprint density at radius 2 is 1.25 bits per heavy atom. The third-order valence-electron chi connectivity index (χ3n) is 12.3. The number of aliphatic hydroxyl groups excluding tert-OH is 8. The van der Waals surface area contributed by atoms with E-state index in [9.17, 15) is 55.5 Å². The summed E-state index contributed by atoms with van der Waals surface area (Å²) in [7, 11) is 0. The lowest BCUT2D eigenvalue weighted by atomic mass is 9.87. The number of aliphatic hydroxyl groups is 9. The zero-order chi connectivity index (χ0) is 47.8. The van der Waals surface area contributed by atoms with Crippen molar-refractivity contribution in [2.45, 2.75) is 183 Å². The molecule has 19 atom stereocenters. The maximum Gasteiger partial charge on any atom is 0.407 e. The van der Waals surface area contributed by atoms with Crippen molar-refractivity contribution in [2.24, 2.45) is 17.6 Å². The van der Waals surface area contributed by atoms with Crippen LogP contribution in [0.3, 0.4) is 0 Å². The number of hydrogen-bond donors (Lipinski definition) is 11. The predicted octanol–water partition coefficient (Wildman–Crippen LogP) is 1.13. The summed E-state index contributed by atoms with van der Waals surface area (Å²) in [5.41, 5.74) is 6.07. The molecule has 0 spiro atoms. The lowest BCUT2D eigenvalue weighted by Crippen LogP contribution is -2.62. The first kappa shape index (κ1) is 54.0. The van der Waals surface area contributed by atoms with Gasteiger partial charge in [0.15, 0.2) is 12.1 Å². The molecule has 4 aliphatic rings. The number of allylic oxidation sites excluding steroid dienone is 12. The largest absolute Gasteiger partial charge is 0.462 e. The van der Waals surface area contributed by atoms with E-state index in [0.29, 0.717) is 0 Å². The van der Waals surface area contributed by atoms with Gasteiger partial charge in [0.25, 0.3) is 0 Å². The first-order valence-electron chi connectivity index (χ1n) is 22.5. The molecule has 0 aromatic carbocycles. The number of carbonyl (C=O) groups is 2. The minimum absolute atomic E-state index is 0.0414. The van der Waals surface area contributed by atoms with E-state index in [0.717, 1.165) is 0 Å². The fourth-order valence-electron chi connectivity index (χ4n) is 8.23. The molecule has 18 nitrogen and oxygen atoms in total. The summed E-state index contributed by atoms with van der Waals surface area (Å²) in [5, 5.41) is 100. The fourth-order valence-corrected chi connectivity index (χ4v) is 8.23. The van der Waals surface area contributed by atoms with E-state index in [1.807, 2.05) is 61.6 Å². The topological polar surface area (TPSA) is 300 Å². The summed E-state index contributed by atoms with van der Waals surface area (Å²) >= 11 is 0. The molecule has 18 heteroatoms. The number of nitrogens with one attached hydrogen (secondary N) is 1. The minimum atomic E-state index is -2.09. The lowest BCUT2D eigenvalue weighted by Gasteiger charge is -2.44. The quantitative estimate of drug-likeness (QED) is 0.173. The van der Waals surface area contributed by atoms with Crippen molar-refractivity contribution in [1.82, 2.24) is 5.32 Å². The van der Waals surface area contributed by atoms with Crippen LogP contribution in [0.25, 0.3) is 0 Å². The van der Waals surface area contributed by atoms with Gasteiger partial charge in [-0.25, -0.2) is 4.79 Å². The number of alkyl carbamates (subject to hydrolysis) is 1. The van der Waals surface area contributed by atoms with Crippen LogP contribution in [0.5, 0.6) is 0 Å². The van der Waals surface area contributed by atoms with Crippen molar-refractivity contribution in [1.29, 1.82) is 0 Å². The Morgan fingerprint density at radius 3 is 1.88 bits per heavy atom. The molecule has 0 saturated carbocycles. The van der Waals surface area contributed by atoms with Crippen molar-refractivity contribution in [3.8, 4) is 0 Å². The highest BCUT2D eigenvalue weighted by molar-refractivity contribution is 5.70. The second-order valence-corrected chi connectivity index (χ2v) is 17.8. The SMILES string of the molecule is C[C@@H]1OC(=O)CC(O)CC(O)CCC(O)C(O)CC(O)C[C@]2(O)C[C@@H]3OC(=O)NC3[C@H](CC(OC3O[C@H](C)C(O)[C@H](N)[C@@H]3O)/C=C/C=C/C=C/C=C/C=C/C=C/C=C/[C@H](C)C(O)[C@H]1C)O2. The molecule has 4 heterocycles. The Hall–Kier alpha value is -3.60. The average molecular weight is 921 g/mol. The van der Waals surface area contributed by atoms with E-state index >= 15 is 0 Å². The van der Waals surface area contributed by atoms with Crippen molar-refractivity contribution < 1.29 is 79.2 Å². The van der Waals surface area contributed by atoms with Crippen molar-refractivity contribution in [3.63, 3.8) is 0 Å². The smallest absolute Gasteiger partial charge is 0.407 e. The third-order valence-corrected chi connectivity index (χ3v) is 12.3. The highest BCUT2D eigenvalue weighted by atomic mass is 16.7. The first-order valence-corrected chi connectivity index (χ1v) is 22.5. The van der Waals surface area contributed by atoms with Crippen LogP contribution < -0.4 is 11.1 Å². The molecular weight excluding hydrogens is 849 g/mol. The van der Waals surface area contributed by atoms with Crippen molar-refractivity contribution in [2.75, 3.05) is 0 Å². The number of ether oxygens (including phenoxy) is 5. The summed E-state index contributed by atoms with van der Waals surface area (Å²) in [5.74, 6) is -3.50. The Balaban J connectivity index is 1.53. The highest BCUT2D eigenvalue weighted by Crippen LogP contribution is 2.38. The zero-order valence-corrected chi connectivity index (χ0v) is 37.6. The van der Waals surface area contributed by atoms with Crippen LogP contribution in [0, 0.1) is 11.8 Å². The number of nitrogens with two attached hydrogens (primary N) is 1. The number of carbonyl (C=O) groups excluding carboxylic acids is 2. The summed E-state index contributed by atoms with van der Waals surface area (Å²) < 4.78 is 29.1. The van der Waals surface area contributed by atoms with Crippen LogP contribution >= 0.6 is 0 Å². The number of fused-ring (bicyclic) bond motifs is 4. The van der Waals surface area contributed by atoms with E-state index in [-0.39, 0.29) is 38.0 Å². The third kappa shape index (κ3) is 17.2. The number of hydrogen-bond acceptors (Lipinski definition) is 17. The average Bonchev–Trinajstić information content (AvgIpc) is 3.61. The molecule has 10 unspecified atom stereocenters. The molecule has 0 aromatic rings. The molecule has 12 N–H and O–H groups in total. The van der Waals surface area contributed by atoms with E-state index in [1.54, 1.807) is 51.2 Å². The molecule has 1 amide bonds. The van der Waals surface area contributed by atoms with Gasteiger partial charge in [0.1, 0.15) is 18.3 Å². The Bertz CT molecular complexity index is 1700. The summed E-state index contributed by atoms with van der Waals surface area (Å²) in [4.78, 5) is 25.1. The van der Waals surface area contributed by atoms with E-state index < -0.39 is 141 Å². The summed E-state index contributed by atoms with van der Waals surface area (Å²) in [6.07, 6.45) is 6.59. The van der Waals surface area contributed by atoms with Gasteiger partial charge in [0, 0.05) is 37.5 Å². The standard InChI is InChI=1S/C47H72N2O16/c1-27-17-15-13-11-9-7-5-6-8-10-12-14-16-18-34(63-45-44(58)40(48)43(57)30(4)62-45)24-37-41-38(64-46(59)49-41)26-47(60,65-37)25-33(52)22-36(54)35(53)20-19-31(50)21-32(51)23-39(55)61-29(3)28(2)42(27)56/h5-18,27-38,40-45,50-54,56-58,60H,19-26,48H2,1-4H3,(H,49,59)/b6-5+,9-7+,10-8+,13-11+,14-12+,17-15+,18-16+/t27-,28-,29-,30+,31?,32?,33?,34?,35?,36?,37-,38-,40-,41?,42?,43?,44-,45?,47+/m0/s1. The maximum absolute atomic E-state index is 12.6. The van der Waals surface area contributed by atoms with Crippen molar-refractivity contribution >= 4 is 12.1 Å². The Labute approximate surface area is 381 Å². The fraction of sp³-hybridized carbons (Fsp3) is 0.660. The molecule has 0 aliphatic carbocycles. The number of amides is 1. The first-order chi connectivity index (χ1) is 30.8. The van der Waals surface area contributed by atoms with Gasteiger partial charge in [-0.15, -0.1) is 0 Å². The van der Waals surface area contributed by atoms with Gasteiger partial charge >= 0.3 is 12.1 Å². The Morgan fingerprint density at radius 1 is 0.646 bits per heavy atom. The van der Waals surface area contributed by atoms with Crippen LogP contribution in [0.4, 0.5) is 4.79 Å². The number of rotatable bonds is 2. The van der Waals surface area contributed by atoms with Gasteiger partial charge < -0.3 is 80.7 Å². The molecule has 2 bridgehead atoms. The molecular formula is C47H72N2O16. The van der Waals surface area contributed by atoms with Crippen molar-refractivity contribution in [3.05, 3.63) is 85.1 Å². The highest BCUT2D eigenvalue weighted by Gasteiger charge is 2.53. The lowest BCUT2D eigenvalue weighted by molar-refractivity contribution is -0.298. The summed E-state index contributed by atoms with van der Waals surface area (Å²) in [6.45, 7) is 6.84. The van der Waals surface area contributed by atoms with Crippen LogP contribution in [0.2, 0.25) is 0 Å². The van der Waals surface area contributed by atoms with Crippen LogP contribution in [-0.4, -0.2) is 162 Å². The number of cyclic esters (lactones) is 1.